The maximum Gasteiger partial charge on any atom is 0.130 e. The van der Waals surface area contributed by atoms with Crippen molar-refractivity contribution in [3.63, 3.8) is 0 Å². The molecule has 0 saturated heterocycles. The molecule has 1 N–H and O–H groups in total. The second-order valence-corrected chi connectivity index (χ2v) is 5.39. The zero-order chi connectivity index (χ0) is 13.8. The number of pyridine rings is 1. The molecule has 2 aromatic rings. The van der Waals surface area contributed by atoms with Crippen LogP contribution in [0.25, 0.3) is 0 Å². The van der Waals surface area contributed by atoms with E-state index >= 15 is 0 Å². The number of halogens is 1. The smallest absolute Gasteiger partial charge is 0.130 e. The number of aliphatic hydroxyl groups excluding tert-OH is 1. The molecule has 0 aliphatic rings. The van der Waals surface area contributed by atoms with Gasteiger partial charge in [0, 0.05) is 16.2 Å². The Hall–Kier alpha value is -1.39. The van der Waals surface area contributed by atoms with Gasteiger partial charge in [0.1, 0.15) is 12.4 Å². The Morgan fingerprint density at radius 1 is 1.32 bits per heavy atom. The minimum absolute atomic E-state index is 0.385. The minimum Gasteiger partial charge on any atom is -0.487 e. The number of benzene rings is 1. The third-order valence-electron chi connectivity index (χ3n) is 2.78. The van der Waals surface area contributed by atoms with Crippen LogP contribution in [-0.4, -0.2) is 10.1 Å². The summed E-state index contributed by atoms with van der Waals surface area (Å²) in [6.45, 7) is 4.11. The molecule has 100 valence electrons. The molecule has 0 aliphatic carbocycles. The fourth-order valence-corrected chi connectivity index (χ4v) is 1.99. The van der Waals surface area contributed by atoms with E-state index in [0.29, 0.717) is 12.4 Å². The molecule has 2 rings (SSSR count). The average Bonchev–Trinajstić information content (AvgIpc) is 2.38. The molecule has 19 heavy (non-hydrogen) atoms. The highest BCUT2D eigenvalue weighted by atomic mass is 79.9. The first kappa shape index (κ1) is 14.0. The summed E-state index contributed by atoms with van der Waals surface area (Å²) >= 11 is 3.35. The van der Waals surface area contributed by atoms with E-state index in [2.05, 4.69) is 20.9 Å². The van der Waals surface area contributed by atoms with Crippen molar-refractivity contribution in [3.8, 4) is 5.75 Å². The van der Waals surface area contributed by atoms with Crippen LogP contribution in [0.5, 0.6) is 5.75 Å². The van der Waals surface area contributed by atoms with Crippen molar-refractivity contribution in [1.29, 1.82) is 0 Å². The van der Waals surface area contributed by atoms with E-state index in [1.807, 2.05) is 37.3 Å². The summed E-state index contributed by atoms with van der Waals surface area (Å²) in [6, 6.07) is 9.62. The fourth-order valence-electron chi connectivity index (χ4n) is 1.76. The maximum absolute atomic E-state index is 9.73. The number of hydrogen-bond acceptors (Lipinski definition) is 3. The van der Waals surface area contributed by atoms with Crippen molar-refractivity contribution in [2.24, 2.45) is 0 Å². The maximum atomic E-state index is 9.73. The Morgan fingerprint density at radius 2 is 2.11 bits per heavy atom. The van der Waals surface area contributed by atoms with Gasteiger partial charge < -0.3 is 9.84 Å². The highest BCUT2D eigenvalue weighted by Crippen LogP contribution is 2.27. The van der Waals surface area contributed by atoms with Gasteiger partial charge in [0.15, 0.2) is 0 Å². The summed E-state index contributed by atoms with van der Waals surface area (Å²) in [5.74, 6) is 0.708. The Balaban J connectivity index is 2.14. The van der Waals surface area contributed by atoms with Gasteiger partial charge in [-0.25, -0.2) is 0 Å². The zero-order valence-corrected chi connectivity index (χ0v) is 12.5. The predicted molar refractivity (Wildman–Crippen MR) is 78.1 cm³/mol. The quantitative estimate of drug-likeness (QED) is 0.931. The van der Waals surface area contributed by atoms with E-state index in [9.17, 15) is 5.11 Å². The summed E-state index contributed by atoms with van der Waals surface area (Å²) in [4.78, 5) is 4.26. The van der Waals surface area contributed by atoms with E-state index in [-0.39, 0.29) is 0 Å². The molecule has 3 nitrogen and oxygen atoms in total. The molecular weight excluding hydrogens is 306 g/mol. The Bertz CT molecular complexity index is 553. The molecule has 1 heterocycles. The SMILES string of the molecule is Cc1ccc([C@H](C)O)c(OCc2ccc(Br)cn2)c1. The van der Waals surface area contributed by atoms with Gasteiger partial charge in [-0.05, 0) is 53.5 Å². The van der Waals surface area contributed by atoms with Crippen molar-refractivity contribution < 1.29 is 9.84 Å². The number of aromatic nitrogens is 1. The van der Waals surface area contributed by atoms with Gasteiger partial charge in [-0.2, -0.15) is 0 Å². The molecule has 1 atom stereocenters. The van der Waals surface area contributed by atoms with Gasteiger partial charge >= 0.3 is 0 Å². The van der Waals surface area contributed by atoms with Gasteiger partial charge in [-0.1, -0.05) is 12.1 Å². The molecular formula is C15H16BrNO2. The second kappa shape index (κ2) is 6.17. The van der Waals surface area contributed by atoms with Crippen LogP contribution >= 0.6 is 15.9 Å². The lowest BCUT2D eigenvalue weighted by molar-refractivity contribution is 0.190. The van der Waals surface area contributed by atoms with E-state index in [4.69, 9.17) is 4.74 Å². The van der Waals surface area contributed by atoms with Gasteiger partial charge in [0.25, 0.3) is 0 Å². The van der Waals surface area contributed by atoms with E-state index < -0.39 is 6.10 Å². The number of nitrogens with zero attached hydrogens (tertiary/aromatic N) is 1. The molecule has 0 bridgehead atoms. The molecule has 0 unspecified atom stereocenters. The summed E-state index contributed by atoms with van der Waals surface area (Å²) in [5, 5.41) is 9.73. The first-order chi connectivity index (χ1) is 9.06. The molecule has 0 saturated carbocycles. The lowest BCUT2D eigenvalue weighted by Gasteiger charge is -2.14. The summed E-state index contributed by atoms with van der Waals surface area (Å²) in [7, 11) is 0. The molecule has 4 heteroatoms. The first-order valence-electron chi connectivity index (χ1n) is 6.08. The lowest BCUT2D eigenvalue weighted by Crippen LogP contribution is -2.02. The Labute approximate surface area is 121 Å². The minimum atomic E-state index is -0.548. The molecule has 1 aromatic carbocycles. The normalized spacial score (nSPS) is 12.2. The predicted octanol–water partition coefficient (Wildman–Crippen LogP) is 3.78. The highest BCUT2D eigenvalue weighted by molar-refractivity contribution is 9.10. The highest BCUT2D eigenvalue weighted by Gasteiger charge is 2.09. The summed E-state index contributed by atoms with van der Waals surface area (Å²) in [6.07, 6.45) is 1.19. The van der Waals surface area contributed by atoms with E-state index in [1.165, 1.54) is 0 Å². The van der Waals surface area contributed by atoms with Crippen molar-refractivity contribution in [2.75, 3.05) is 0 Å². The molecule has 1 aromatic heterocycles. The van der Waals surface area contributed by atoms with Crippen LogP contribution in [0.2, 0.25) is 0 Å². The molecule has 0 radical (unpaired) electrons. The van der Waals surface area contributed by atoms with Crippen LogP contribution in [0, 0.1) is 6.92 Å². The van der Waals surface area contributed by atoms with Gasteiger partial charge in [0.2, 0.25) is 0 Å². The topological polar surface area (TPSA) is 42.4 Å². The molecule has 0 aliphatic heterocycles. The van der Waals surface area contributed by atoms with Crippen LogP contribution in [0.4, 0.5) is 0 Å². The Kier molecular flexibility index (Phi) is 4.56. The van der Waals surface area contributed by atoms with Crippen molar-refractivity contribution in [2.45, 2.75) is 26.6 Å². The van der Waals surface area contributed by atoms with Gasteiger partial charge in [-0.3, -0.25) is 4.98 Å². The monoisotopic (exact) mass is 321 g/mol. The van der Waals surface area contributed by atoms with Gasteiger partial charge in [0.05, 0.1) is 11.8 Å². The second-order valence-electron chi connectivity index (χ2n) is 4.47. The van der Waals surface area contributed by atoms with E-state index in [1.54, 1.807) is 13.1 Å². The third-order valence-corrected chi connectivity index (χ3v) is 3.25. The number of rotatable bonds is 4. The van der Waals surface area contributed by atoms with Crippen LogP contribution in [-0.2, 0) is 6.61 Å². The summed E-state index contributed by atoms with van der Waals surface area (Å²) < 4.78 is 6.71. The van der Waals surface area contributed by atoms with Crippen LogP contribution in [0.15, 0.2) is 41.0 Å². The van der Waals surface area contributed by atoms with Crippen molar-refractivity contribution >= 4 is 15.9 Å². The average molecular weight is 322 g/mol. The van der Waals surface area contributed by atoms with Crippen LogP contribution < -0.4 is 4.74 Å². The van der Waals surface area contributed by atoms with Crippen LogP contribution in [0.1, 0.15) is 29.8 Å². The van der Waals surface area contributed by atoms with Crippen molar-refractivity contribution in [3.05, 3.63) is 57.8 Å². The molecule has 0 spiro atoms. The number of aryl methyl sites for hydroxylation is 1. The van der Waals surface area contributed by atoms with Crippen LogP contribution in [0.3, 0.4) is 0 Å². The summed E-state index contributed by atoms with van der Waals surface area (Å²) in [5.41, 5.74) is 2.74. The largest absolute Gasteiger partial charge is 0.487 e. The number of ether oxygens (including phenoxy) is 1. The van der Waals surface area contributed by atoms with E-state index in [0.717, 1.165) is 21.3 Å². The Morgan fingerprint density at radius 3 is 2.74 bits per heavy atom. The van der Waals surface area contributed by atoms with Crippen molar-refractivity contribution in [1.82, 2.24) is 4.98 Å². The first-order valence-corrected chi connectivity index (χ1v) is 6.87. The number of hydrogen-bond donors (Lipinski definition) is 1. The standard InChI is InChI=1S/C15H16BrNO2/c1-10-3-6-14(11(2)18)15(7-10)19-9-13-5-4-12(16)8-17-13/h3-8,11,18H,9H2,1-2H3/t11-/m0/s1. The molecule has 0 fully saturated rings. The lowest BCUT2D eigenvalue weighted by atomic mass is 10.1. The molecule has 0 amide bonds. The fraction of sp³-hybridized carbons (Fsp3) is 0.267. The number of aliphatic hydroxyl groups is 1. The van der Waals surface area contributed by atoms with Gasteiger partial charge in [-0.15, -0.1) is 0 Å². The zero-order valence-electron chi connectivity index (χ0n) is 10.9. The third kappa shape index (κ3) is 3.78.